The third-order valence-corrected chi connectivity index (χ3v) is 3.71. The SMILES string of the molecule is CCOCC(C)N1C(=O)C(C)NC1c1cccc(C)c1. The summed E-state index contributed by atoms with van der Waals surface area (Å²) in [4.78, 5) is 14.3. The van der Waals surface area contributed by atoms with E-state index in [0.717, 1.165) is 5.56 Å². The Hall–Kier alpha value is -1.39. The van der Waals surface area contributed by atoms with Gasteiger partial charge in [0.2, 0.25) is 5.91 Å². The van der Waals surface area contributed by atoms with Crippen LogP contribution in [0, 0.1) is 6.92 Å². The van der Waals surface area contributed by atoms with Crippen LogP contribution in [0.25, 0.3) is 0 Å². The molecule has 1 amide bonds. The lowest BCUT2D eigenvalue weighted by Gasteiger charge is -2.30. The van der Waals surface area contributed by atoms with Gasteiger partial charge in [0.05, 0.1) is 18.7 Å². The first-order chi connectivity index (χ1) is 9.54. The van der Waals surface area contributed by atoms with Crippen LogP contribution in [0.4, 0.5) is 0 Å². The maximum atomic E-state index is 12.4. The molecule has 3 unspecified atom stereocenters. The Morgan fingerprint density at radius 2 is 2.20 bits per heavy atom. The summed E-state index contributed by atoms with van der Waals surface area (Å²) in [6, 6.07) is 8.21. The number of carbonyl (C=O) groups excluding carboxylic acids is 1. The van der Waals surface area contributed by atoms with Crippen molar-refractivity contribution in [3.05, 3.63) is 35.4 Å². The highest BCUT2D eigenvalue weighted by Crippen LogP contribution is 2.28. The first kappa shape index (κ1) is 15.0. The number of aryl methyl sites for hydroxylation is 1. The van der Waals surface area contributed by atoms with Crippen LogP contribution in [-0.4, -0.2) is 36.1 Å². The number of amides is 1. The van der Waals surface area contributed by atoms with E-state index < -0.39 is 0 Å². The van der Waals surface area contributed by atoms with Gasteiger partial charge in [-0.1, -0.05) is 29.8 Å². The van der Waals surface area contributed by atoms with E-state index in [-0.39, 0.29) is 24.2 Å². The molecule has 0 bridgehead atoms. The summed E-state index contributed by atoms with van der Waals surface area (Å²) in [6.45, 7) is 9.23. The predicted octanol–water partition coefficient (Wildman–Crippen LogP) is 2.24. The van der Waals surface area contributed by atoms with Crippen LogP contribution < -0.4 is 5.32 Å². The van der Waals surface area contributed by atoms with E-state index in [1.165, 1.54) is 5.56 Å². The summed E-state index contributed by atoms with van der Waals surface area (Å²) >= 11 is 0. The molecule has 1 N–H and O–H groups in total. The predicted molar refractivity (Wildman–Crippen MR) is 79.3 cm³/mol. The van der Waals surface area contributed by atoms with Gasteiger partial charge in [-0.15, -0.1) is 0 Å². The minimum absolute atomic E-state index is 0.0606. The first-order valence-electron chi connectivity index (χ1n) is 7.27. The van der Waals surface area contributed by atoms with Crippen molar-refractivity contribution < 1.29 is 9.53 Å². The van der Waals surface area contributed by atoms with Gasteiger partial charge in [-0.25, -0.2) is 0 Å². The highest BCUT2D eigenvalue weighted by molar-refractivity contribution is 5.84. The van der Waals surface area contributed by atoms with Gasteiger partial charge in [0.25, 0.3) is 0 Å². The molecular weight excluding hydrogens is 252 g/mol. The Morgan fingerprint density at radius 3 is 2.85 bits per heavy atom. The molecule has 1 aromatic carbocycles. The number of hydrogen-bond donors (Lipinski definition) is 1. The van der Waals surface area contributed by atoms with Crippen LogP contribution in [0.15, 0.2) is 24.3 Å². The van der Waals surface area contributed by atoms with Crippen molar-refractivity contribution in [2.45, 2.75) is 45.9 Å². The molecule has 0 radical (unpaired) electrons. The van der Waals surface area contributed by atoms with Crippen LogP contribution >= 0.6 is 0 Å². The average Bonchev–Trinajstić information content (AvgIpc) is 2.72. The van der Waals surface area contributed by atoms with Crippen molar-refractivity contribution in [1.29, 1.82) is 0 Å². The minimum Gasteiger partial charge on any atom is -0.380 e. The maximum Gasteiger partial charge on any atom is 0.241 e. The van der Waals surface area contributed by atoms with Gasteiger partial charge < -0.3 is 9.64 Å². The number of carbonyl (C=O) groups is 1. The molecule has 1 fully saturated rings. The Balaban J connectivity index is 2.23. The highest BCUT2D eigenvalue weighted by atomic mass is 16.5. The Labute approximate surface area is 121 Å². The second kappa shape index (κ2) is 6.37. The maximum absolute atomic E-state index is 12.4. The van der Waals surface area contributed by atoms with Crippen molar-refractivity contribution in [3.63, 3.8) is 0 Å². The fourth-order valence-corrected chi connectivity index (χ4v) is 2.68. The topological polar surface area (TPSA) is 41.6 Å². The van der Waals surface area contributed by atoms with Gasteiger partial charge in [-0.3, -0.25) is 10.1 Å². The quantitative estimate of drug-likeness (QED) is 0.896. The molecule has 1 aliphatic rings. The zero-order valence-electron chi connectivity index (χ0n) is 12.7. The smallest absolute Gasteiger partial charge is 0.241 e. The zero-order chi connectivity index (χ0) is 14.7. The molecule has 2 rings (SSSR count). The molecule has 3 atom stereocenters. The molecule has 0 saturated carbocycles. The molecule has 4 heteroatoms. The highest BCUT2D eigenvalue weighted by Gasteiger charge is 2.39. The lowest BCUT2D eigenvalue weighted by molar-refractivity contribution is -0.133. The second-order valence-corrected chi connectivity index (χ2v) is 5.46. The molecule has 1 aromatic rings. The number of nitrogens with one attached hydrogen (secondary N) is 1. The van der Waals surface area contributed by atoms with Gasteiger partial charge in [0.15, 0.2) is 0 Å². The zero-order valence-corrected chi connectivity index (χ0v) is 12.7. The standard InChI is InChI=1S/C16H24N2O2/c1-5-20-10-12(3)18-15(17-13(4)16(18)19)14-8-6-7-11(2)9-14/h6-9,12-13,15,17H,5,10H2,1-4H3. The molecule has 4 nitrogen and oxygen atoms in total. The van der Waals surface area contributed by atoms with Crippen molar-refractivity contribution in [3.8, 4) is 0 Å². The van der Waals surface area contributed by atoms with E-state index in [0.29, 0.717) is 13.2 Å². The van der Waals surface area contributed by atoms with E-state index in [9.17, 15) is 4.79 Å². The molecule has 1 aliphatic heterocycles. The summed E-state index contributed by atoms with van der Waals surface area (Å²) in [5.74, 6) is 0.142. The van der Waals surface area contributed by atoms with Crippen molar-refractivity contribution in [2.75, 3.05) is 13.2 Å². The number of benzene rings is 1. The second-order valence-electron chi connectivity index (χ2n) is 5.46. The monoisotopic (exact) mass is 276 g/mol. The van der Waals surface area contributed by atoms with E-state index >= 15 is 0 Å². The van der Waals surface area contributed by atoms with Gasteiger partial charge in [0, 0.05) is 6.61 Å². The third-order valence-electron chi connectivity index (χ3n) is 3.71. The van der Waals surface area contributed by atoms with E-state index in [2.05, 4.69) is 30.4 Å². The van der Waals surface area contributed by atoms with Gasteiger partial charge in [-0.05, 0) is 33.3 Å². The fraction of sp³-hybridized carbons (Fsp3) is 0.562. The molecule has 0 aliphatic carbocycles. The summed E-state index contributed by atoms with van der Waals surface area (Å²) in [5.41, 5.74) is 2.33. The minimum atomic E-state index is -0.149. The summed E-state index contributed by atoms with van der Waals surface area (Å²) in [6.07, 6.45) is -0.0622. The molecule has 20 heavy (non-hydrogen) atoms. The number of nitrogens with zero attached hydrogens (tertiary/aromatic N) is 1. The Bertz CT molecular complexity index is 475. The van der Waals surface area contributed by atoms with Crippen LogP contribution in [-0.2, 0) is 9.53 Å². The van der Waals surface area contributed by atoms with Crippen molar-refractivity contribution in [2.24, 2.45) is 0 Å². The van der Waals surface area contributed by atoms with Crippen LogP contribution in [0.2, 0.25) is 0 Å². The Morgan fingerprint density at radius 1 is 1.45 bits per heavy atom. The van der Waals surface area contributed by atoms with Gasteiger partial charge in [0.1, 0.15) is 6.17 Å². The molecule has 1 heterocycles. The average molecular weight is 276 g/mol. The summed E-state index contributed by atoms with van der Waals surface area (Å²) in [7, 11) is 0. The van der Waals surface area contributed by atoms with Crippen molar-refractivity contribution >= 4 is 5.91 Å². The van der Waals surface area contributed by atoms with E-state index in [4.69, 9.17) is 4.74 Å². The molecular formula is C16H24N2O2. The van der Waals surface area contributed by atoms with Crippen LogP contribution in [0.3, 0.4) is 0 Å². The van der Waals surface area contributed by atoms with Gasteiger partial charge >= 0.3 is 0 Å². The number of rotatable bonds is 5. The largest absolute Gasteiger partial charge is 0.380 e. The Kier molecular flexibility index (Phi) is 4.78. The number of ether oxygens (including phenoxy) is 1. The van der Waals surface area contributed by atoms with Crippen LogP contribution in [0.1, 0.15) is 38.1 Å². The lowest BCUT2D eigenvalue weighted by atomic mass is 10.1. The van der Waals surface area contributed by atoms with Crippen LogP contribution in [0.5, 0.6) is 0 Å². The lowest BCUT2D eigenvalue weighted by Crippen LogP contribution is -2.41. The summed E-state index contributed by atoms with van der Waals surface area (Å²) in [5, 5.41) is 3.38. The molecule has 0 aromatic heterocycles. The van der Waals surface area contributed by atoms with E-state index in [1.807, 2.05) is 31.7 Å². The van der Waals surface area contributed by atoms with E-state index in [1.54, 1.807) is 0 Å². The molecule has 1 saturated heterocycles. The molecule has 0 spiro atoms. The molecule has 110 valence electrons. The third kappa shape index (κ3) is 3.02. The van der Waals surface area contributed by atoms with Gasteiger partial charge in [-0.2, -0.15) is 0 Å². The summed E-state index contributed by atoms with van der Waals surface area (Å²) < 4.78 is 5.48. The normalized spacial score (nSPS) is 24.2. The fourth-order valence-electron chi connectivity index (χ4n) is 2.68. The first-order valence-corrected chi connectivity index (χ1v) is 7.27. The van der Waals surface area contributed by atoms with Crippen molar-refractivity contribution in [1.82, 2.24) is 10.2 Å². The number of hydrogen-bond acceptors (Lipinski definition) is 3.